The van der Waals surface area contributed by atoms with Crippen LogP contribution >= 0.6 is 11.8 Å². The zero-order valence-corrected chi connectivity index (χ0v) is 13.2. The van der Waals surface area contributed by atoms with Gasteiger partial charge in [-0.1, -0.05) is 0 Å². The minimum atomic E-state index is -0.205. The predicted molar refractivity (Wildman–Crippen MR) is 84.2 cm³/mol. The molecule has 0 radical (unpaired) electrons. The van der Waals surface area contributed by atoms with E-state index >= 15 is 0 Å². The average Bonchev–Trinajstić information content (AvgIpc) is 2.97. The summed E-state index contributed by atoms with van der Waals surface area (Å²) in [6.45, 7) is 8.02. The molecule has 1 aromatic carbocycles. The van der Waals surface area contributed by atoms with Gasteiger partial charge in [0.25, 0.3) is 5.22 Å². The zero-order chi connectivity index (χ0) is 15.2. The van der Waals surface area contributed by atoms with E-state index in [0.717, 1.165) is 18.7 Å². The third-order valence-corrected chi connectivity index (χ3v) is 3.93. The average molecular weight is 302 g/mol. The number of benzene rings is 1. The Bertz CT molecular complexity index is 613. The molecule has 2 rings (SSSR count). The van der Waals surface area contributed by atoms with Crippen molar-refractivity contribution in [3.05, 3.63) is 24.3 Å². The summed E-state index contributed by atoms with van der Waals surface area (Å²) in [4.78, 5) is 2.27. The standard InChI is InChI=1S/C15H18N4OS/c1-4-19(5-2)13-8-6-12(7-9-13)14-17-18-15(20-14)21-11(3)10-16/h6-9,11H,4-5H2,1-3H3. The maximum absolute atomic E-state index is 8.78. The van der Waals surface area contributed by atoms with Crippen LogP contribution in [0.3, 0.4) is 0 Å². The smallest absolute Gasteiger partial charge is 0.278 e. The highest BCUT2D eigenvalue weighted by Crippen LogP contribution is 2.27. The molecule has 1 atom stereocenters. The molecule has 0 aliphatic carbocycles. The lowest BCUT2D eigenvalue weighted by molar-refractivity contribution is 0.465. The second-order valence-electron chi connectivity index (χ2n) is 4.48. The van der Waals surface area contributed by atoms with E-state index in [-0.39, 0.29) is 5.25 Å². The first-order valence-corrected chi connectivity index (χ1v) is 7.81. The van der Waals surface area contributed by atoms with E-state index in [4.69, 9.17) is 9.68 Å². The van der Waals surface area contributed by atoms with Gasteiger partial charge >= 0.3 is 0 Å². The molecule has 0 amide bonds. The molecule has 2 aromatic rings. The van der Waals surface area contributed by atoms with Gasteiger partial charge in [-0.15, -0.1) is 10.2 Å². The van der Waals surface area contributed by atoms with Gasteiger partial charge in [0, 0.05) is 24.3 Å². The Hall–Kier alpha value is -2.00. The summed E-state index contributed by atoms with van der Waals surface area (Å²) < 4.78 is 5.57. The summed E-state index contributed by atoms with van der Waals surface area (Å²) in [5.74, 6) is 0.480. The molecule has 0 spiro atoms. The normalized spacial score (nSPS) is 11.9. The number of anilines is 1. The molecule has 5 nitrogen and oxygen atoms in total. The predicted octanol–water partition coefficient (Wildman–Crippen LogP) is 3.59. The molecule has 0 bridgehead atoms. The number of aromatic nitrogens is 2. The number of rotatable bonds is 6. The Kier molecular flexibility index (Phi) is 5.23. The molecule has 1 aromatic heterocycles. The van der Waals surface area contributed by atoms with Crippen LogP contribution in [0.15, 0.2) is 33.9 Å². The molecule has 0 aliphatic rings. The van der Waals surface area contributed by atoms with Crippen molar-refractivity contribution in [3.63, 3.8) is 0 Å². The molecule has 0 fully saturated rings. The van der Waals surface area contributed by atoms with E-state index in [2.05, 4.69) is 47.1 Å². The third-order valence-electron chi connectivity index (χ3n) is 3.11. The molecule has 1 unspecified atom stereocenters. The zero-order valence-electron chi connectivity index (χ0n) is 12.4. The SMILES string of the molecule is CCN(CC)c1ccc(-c2nnc(SC(C)C#N)o2)cc1. The molecule has 6 heteroatoms. The van der Waals surface area contributed by atoms with Gasteiger partial charge in [0.1, 0.15) is 0 Å². The molecule has 1 heterocycles. The van der Waals surface area contributed by atoms with Gasteiger partial charge in [0.2, 0.25) is 5.89 Å². The summed E-state index contributed by atoms with van der Waals surface area (Å²) in [7, 11) is 0. The summed E-state index contributed by atoms with van der Waals surface area (Å²) in [6.07, 6.45) is 0. The summed E-state index contributed by atoms with van der Waals surface area (Å²) in [5.41, 5.74) is 2.06. The van der Waals surface area contributed by atoms with E-state index < -0.39 is 0 Å². The van der Waals surface area contributed by atoms with Crippen molar-refractivity contribution in [2.24, 2.45) is 0 Å². The number of nitrogens with zero attached hydrogens (tertiary/aromatic N) is 4. The van der Waals surface area contributed by atoms with Crippen LogP contribution in [0.2, 0.25) is 0 Å². The molecule has 0 N–H and O–H groups in total. The van der Waals surface area contributed by atoms with Gasteiger partial charge in [0.15, 0.2) is 0 Å². The molecule has 21 heavy (non-hydrogen) atoms. The van der Waals surface area contributed by atoms with Gasteiger partial charge < -0.3 is 9.32 Å². The fourth-order valence-corrected chi connectivity index (χ4v) is 2.53. The van der Waals surface area contributed by atoms with Crippen molar-refractivity contribution in [1.82, 2.24) is 10.2 Å². The molecule has 0 aliphatic heterocycles. The van der Waals surface area contributed by atoms with E-state index in [1.54, 1.807) is 6.92 Å². The van der Waals surface area contributed by atoms with Crippen LogP contribution in [0.25, 0.3) is 11.5 Å². The highest BCUT2D eigenvalue weighted by molar-refractivity contribution is 7.99. The van der Waals surface area contributed by atoms with Gasteiger partial charge in [-0.05, 0) is 56.8 Å². The number of hydrogen-bond donors (Lipinski definition) is 0. The van der Waals surface area contributed by atoms with Crippen molar-refractivity contribution in [2.45, 2.75) is 31.2 Å². The first-order valence-electron chi connectivity index (χ1n) is 6.93. The largest absolute Gasteiger partial charge is 0.411 e. The van der Waals surface area contributed by atoms with Gasteiger partial charge in [-0.3, -0.25) is 0 Å². The van der Waals surface area contributed by atoms with Crippen LogP contribution < -0.4 is 4.90 Å². The van der Waals surface area contributed by atoms with Crippen molar-refractivity contribution < 1.29 is 4.42 Å². The monoisotopic (exact) mass is 302 g/mol. The first kappa shape index (κ1) is 15.4. The van der Waals surface area contributed by atoms with Crippen LogP contribution in [-0.2, 0) is 0 Å². The number of thioether (sulfide) groups is 1. The van der Waals surface area contributed by atoms with E-state index in [1.807, 2.05) is 12.1 Å². The lowest BCUT2D eigenvalue weighted by Gasteiger charge is -2.20. The molecular formula is C15H18N4OS. The fraction of sp³-hybridized carbons (Fsp3) is 0.400. The molecule has 110 valence electrons. The topological polar surface area (TPSA) is 66.0 Å². The minimum absolute atomic E-state index is 0.205. The number of nitriles is 1. The van der Waals surface area contributed by atoms with Crippen molar-refractivity contribution >= 4 is 17.4 Å². The second kappa shape index (κ2) is 7.14. The van der Waals surface area contributed by atoms with E-state index in [1.165, 1.54) is 17.4 Å². The van der Waals surface area contributed by atoms with Crippen LogP contribution in [-0.4, -0.2) is 28.5 Å². The summed E-state index contributed by atoms with van der Waals surface area (Å²) in [6, 6.07) is 10.2. The molecular weight excluding hydrogens is 284 g/mol. The quantitative estimate of drug-likeness (QED) is 0.760. The second-order valence-corrected chi connectivity index (χ2v) is 5.77. The van der Waals surface area contributed by atoms with Gasteiger partial charge in [0.05, 0.1) is 11.3 Å². The van der Waals surface area contributed by atoms with Crippen LogP contribution in [0, 0.1) is 11.3 Å². The Morgan fingerprint density at radius 3 is 2.48 bits per heavy atom. The Morgan fingerprint density at radius 2 is 1.90 bits per heavy atom. The highest BCUT2D eigenvalue weighted by atomic mass is 32.2. The van der Waals surface area contributed by atoms with E-state index in [9.17, 15) is 0 Å². The Morgan fingerprint density at radius 1 is 1.24 bits per heavy atom. The van der Waals surface area contributed by atoms with Gasteiger partial charge in [-0.2, -0.15) is 5.26 Å². The maximum Gasteiger partial charge on any atom is 0.278 e. The van der Waals surface area contributed by atoms with Crippen molar-refractivity contribution in [3.8, 4) is 17.5 Å². The van der Waals surface area contributed by atoms with Crippen LogP contribution in [0.1, 0.15) is 20.8 Å². The first-order chi connectivity index (χ1) is 10.2. The summed E-state index contributed by atoms with van der Waals surface area (Å²) in [5, 5.41) is 17.0. The lowest BCUT2D eigenvalue weighted by atomic mass is 10.2. The Balaban J connectivity index is 2.14. The molecule has 0 saturated carbocycles. The molecule has 0 saturated heterocycles. The van der Waals surface area contributed by atoms with E-state index in [0.29, 0.717) is 11.1 Å². The number of hydrogen-bond acceptors (Lipinski definition) is 6. The lowest BCUT2D eigenvalue weighted by Crippen LogP contribution is -2.21. The van der Waals surface area contributed by atoms with Crippen LogP contribution in [0.4, 0.5) is 5.69 Å². The minimum Gasteiger partial charge on any atom is -0.411 e. The van der Waals surface area contributed by atoms with Gasteiger partial charge in [-0.25, -0.2) is 0 Å². The van der Waals surface area contributed by atoms with Crippen molar-refractivity contribution in [2.75, 3.05) is 18.0 Å². The highest BCUT2D eigenvalue weighted by Gasteiger charge is 2.12. The summed E-state index contributed by atoms with van der Waals surface area (Å²) >= 11 is 1.26. The van der Waals surface area contributed by atoms with Crippen molar-refractivity contribution in [1.29, 1.82) is 5.26 Å². The maximum atomic E-state index is 8.78. The Labute approximate surface area is 129 Å². The fourth-order valence-electron chi connectivity index (χ4n) is 1.96. The van der Waals surface area contributed by atoms with Crippen LogP contribution in [0.5, 0.6) is 0 Å². The third kappa shape index (κ3) is 3.76.